The molecule has 20 heavy (non-hydrogen) atoms. The van der Waals surface area contributed by atoms with E-state index in [9.17, 15) is 14.4 Å². The first-order valence-electron chi connectivity index (χ1n) is 6.40. The summed E-state index contributed by atoms with van der Waals surface area (Å²) in [5, 5.41) is 11.1. The summed E-state index contributed by atoms with van der Waals surface area (Å²) in [6, 6.07) is 0. The van der Waals surface area contributed by atoms with Crippen molar-refractivity contribution in [1.29, 1.82) is 0 Å². The normalized spacial score (nSPS) is 12.7. The molecule has 0 heterocycles. The van der Waals surface area contributed by atoms with Crippen LogP contribution >= 0.6 is 0 Å². The van der Waals surface area contributed by atoms with Crippen LogP contribution in [0.3, 0.4) is 0 Å². The molecule has 0 aromatic carbocycles. The zero-order valence-electron chi connectivity index (χ0n) is 12.6. The molecular weight excluding hydrogens is 266 g/mol. The number of carbonyl (C=O) groups is 3. The number of hydrogen-bond donors (Lipinski definition) is 2. The van der Waals surface area contributed by atoms with Crippen LogP contribution in [0.5, 0.6) is 0 Å². The van der Waals surface area contributed by atoms with E-state index in [-0.39, 0.29) is 12.3 Å². The smallest absolute Gasteiger partial charge is 0.408 e. The number of amides is 1. The number of nitrogens with one attached hydrogen (secondary N) is 1. The number of carboxylic acid groups (broad SMARTS) is 1. The Morgan fingerprint density at radius 2 is 1.75 bits per heavy atom. The number of esters is 1. The number of ether oxygens (including phenoxy) is 2. The monoisotopic (exact) mass is 289 g/mol. The summed E-state index contributed by atoms with van der Waals surface area (Å²) in [4.78, 5) is 33.7. The average molecular weight is 289 g/mol. The predicted molar refractivity (Wildman–Crippen MR) is 71.2 cm³/mol. The second-order valence-corrected chi connectivity index (χ2v) is 5.80. The molecule has 0 saturated heterocycles. The largest absolute Gasteiger partial charge is 0.479 e. The van der Waals surface area contributed by atoms with E-state index in [1.807, 2.05) is 13.8 Å². The number of aliphatic carboxylic acids is 1. The van der Waals surface area contributed by atoms with Crippen molar-refractivity contribution in [2.75, 3.05) is 6.54 Å². The van der Waals surface area contributed by atoms with Crippen LogP contribution in [-0.2, 0) is 19.1 Å². The fourth-order valence-electron chi connectivity index (χ4n) is 1.29. The minimum Gasteiger partial charge on any atom is -0.479 e. The standard InChI is InChI=1S/C13H23NO6/c1-8(2)6-9(11(16)17)19-10(15)7-14-12(18)20-13(3,4)5/h8-9H,6-7H2,1-5H3,(H,14,18)(H,16,17)/t9-/m0/s1. The van der Waals surface area contributed by atoms with E-state index in [2.05, 4.69) is 5.32 Å². The van der Waals surface area contributed by atoms with Gasteiger partial charge in [0.15, 0.2) is 6.10 Å². The molecule has 0 spiro atoms. The lowest BCUT2D eigenvalue weighted by atomic mass is 10.1. The third-order valence-electron chi connectivity index (χ3n) is 2.01. The van der Waals surface area contributed by atoms with Gasteiger partial charge in [0, 0.05) is 0 Å². The van der Waals surface area contributed by atoms with Crippen molar-refractivity contribution in [3.63, 3.8) is 0 Å². The summed E-state index contributed by atoms with van der Waals surface area (Å²) in [6.07, 6.45) is -1.75. The van der Waals surface area contributed by atoms with E-state index in [1.54, 1.807) is 20.8 Å². The van der Waals surface area contributed by atoms with Crippen molar-refractivity contribution in [3.8, 4) is 0 Å². The number of carbonyl (C=O) groups excluding carboxylic acids is 2. The fourth-order valence-corrected chi connectivity index (χ4v) is 1.29. The van der Waals surface area contributed by atoms with Gasteiger partial charge in [-0.2, -0.15) is 0 Å². The van der Waals surface area contributed by atoms with Crippen LogP contribution in [0.2, 0.25) is 0 Å². The lowest BCUT2D eigenvalue weighted by Gasteiger charge is -2.20. The third-order valence-corrected chi connectivity index (χ3v) is 2.01. The van der Waals surface area contributed by atoms with Crippen LogP contribution in [0.1, 0.15) is 41.0 Å². The molecule has 0 saturated carbocycles. The number of rotatable bonds is 6. The van der Waals surface area contributed by atoms with Gasteiger partial charge in [0.1, 0.15) is 12.1 Å². The molecule has 0 aromatic heterocycles. The maximum Gasteiger partial charge on any atom is 0.408 e. The van der Waals surface area contributed by atoms with Crippen molar-refractivity contribution < 1.29 is 29.0 Å². The van der Waals surface area contributed by atoms with Crippen molar-refractivity contribution >= 4 is 18.0 Å². The van der Waals surface area contributed by atoms with Crippen LogP contribution in [0, 0.1) is 5.92 Å². The topological polar surface area (TPSA) is 102 Å². The summed E-state index contributed by atoms with van der Waals surface area (Å²) in [5.41, 5.74) is -0.671. The van der Waals surface area contributed by atoms with Gasteiger partial charge in [-0.05, 0) is 33.1 Å². The van der Waals surface area contributed by atoms with Crippen LogP contribution in [0.25, 0.3) is 0 Å². The first-order valence-corrected chi connectivity index (χ1v) is 6.40. The molecule has 0 fully saturated rings. The average Bonchev–Trinajstić information content (AvgIpc) is 2.22. The molecule has 1 atom stereocenters. The Kier molecular flexibility index (Phi) is 7.02. The summed E-state index contributed by atoms with van der Waals surface area (Å²) in [6.45, 7) is 8.28. The van der Waals surface area contributed by atoms with Crippen LogP contribution < -0.4 is 5.32 Å². The lowest BCUT2D eigenvalue weighted by molar-refractivity contribution is -0.164. The highest BCUT2D eigenvalue weighted by molar-refractivity contribution is 5.81. The van der Waals surface area contributed by atoms with Crippen molar-refractivity contribution in [2.24, 2.45) is 5.92 Å². The Bertz CT molecular complexity index is 358. The van der Waals surface area contributed by atoms with E-state index in [4.69, 9.17) is 14.6 Å². The van der Waals surface area contributed by atoms with Crippen molar-refractivity contribution in [1.82, 2.24) is 5.32 Å². The summed E-state index contributed by atoms with van der Waals surface area (Å²) in [5.74, 6) is -1.95. The molecule has 0 unspecified atom stereocenters. The van der Waals surface area contributed by atoms with Gasteiger partial charge in [0.25, 0.3) is 0 Å². The van der Waals surface area contributed by atoms with Crippen LogP contribution in [0.15, 0.2) is 0 Å². The van der Waals surface area contributed by atoms with E-state index >= 15 is 0 Å². The second kappa shape index (κ2) is 7.72. The Morgan fingerprint density at radius 1 is 1.20 bits per heavy atom. The molecule has 0 radical (unpaired) electrons. The highest BCUT2D eigenvalue weighted by Crippen LogP contribution is 2.09. The molecule has 0 aliphatic carbocycles. The van der Waals surface area contributed by atoms with E-state index in [0.29, 0.717) is 0 Å². The Labute approximate surface area is 118 Å². The highest BCUT2D eigenvalue weighted by Gasteiger charge is 2.24. The van der Waals surface area contributed by atoms with Gasteiger partial charge in [-0.25, -0.2) is 9.59 Å². The van der Waals surface area contributed by atoms with Gasteiger partial charge in [-0.15, -0.1) is 0 Å². The van der Waals surface area contributed by atoms with E-state index < -0.39 is 36.3 Å². The molecule has 0 aliphatic rings. The fraction of sp³-hybridized carbons (Fsp3) is 0.769. The first-order chi connectivity index (χ1) is 9.01. The molecule has 1 amide bonds. The Hall–Kier alpha value is -1.79. The van der Waals surface area contributed by atoms with Gasteiger partial charge >= 0.3 is 18.0 Å². The van der Waals surface area contributed by atoms with Gasteiger partial charge < -0.3 is 19.9 Å². The second-order valence-electron chi connectivity index (χ2n) is 5.80. The molecule has 2 N–H and O–H groups in total. The molecule has 116 valence electrons. The zero-order valence-corrected chi connectivity index (χ0v) is 12.6. The molecule has 0 aromatic rings. The first kappa shape index (κ1) is 18.2. The third kappa shape index (κ3) is 9.18. The van der Waals surface area contributed by atoms with Gasteiger partial charge in [-0.3, -0.25) is 4.79 Å². The molecule has 7 nitrogen and oxygen atoms in total. The molecule has 7 heteroatoms. The van der Waals surface area contributed by atoms with E-state index in [0.717, 1.165) is 0 Å². The molecule has 0 bridgehead atoms. The Balaban J connectivity index is 4.21. The summed E-state index contributed by atoms with van der Waals surface area (Å²) in [7, 11) is 0. The van der Waals surface area contributed by atoms with E-state index in [1.165, 1.54) is 0 Å². The van der Waals surface area contributed by atoms with Crippen molar-refractivity contribution in [3.05, 3.63) is 0 Å². The van der Waals surface area contributed by atoms with Crippen LogP contribution in [-0.4, -0.2) is 41.4 Å². The molecule has 0 rings (SSSR count). The minimum atomic E-state index is -1.21. The molecule has 0 aliphatic heterocycles. The summed E-state index contributed by atoms with van der Waals surface area (Å²) < 4.78 is 9.73. The summed E-state index contributed by atoms with van der Waals surface area (Å²) >= 11 is 0. The minimum absolute atomic E-state index is 0.0720. The zero-order chi connectivity index (χ0) is 15.9. The quantitative estimate of drug-likeness (QED) is 0.719. The number of alkyl carbamates (subject to hydrolysis) is 1. The maximum atomic E-state index is 11.5. The predicted octanol–water partition coefficient (Wildman–Crippen LogP) is 1.55. The van der Waals surface area contributed by atoms with Crippen molar-refractivity contribution in [2.45, 2.75) is 52.7 Å². The highest BCUT2D eigenvalue weighted by atomic mass is 16.6. The number of hydrogen-bond acceptors (Lipinski definition) is 5. The molecular formula is C13H23NO6. The SMILES string of the molecule is CC(C)C[C@H](OC(=O)CNC(=O)OC(C)(C)C)C(=O)O. The number of carboxylic acids is 1. The van der Waals surface area contributed by atoms with Gasteiger partial charge in [0.2, 0.25) is 0 Å². The maximum absolute atomic E-state index is 11.5. The van der Waals surface area contributed by atoms with Gasteiger partial charge in [-0.1, -0.05) is 13.8 Å². The van der Waals surface area contributed by atoms with Gasteiger partial charge in [0.05, 0.1) is 0 Å². The Morgan fingerprint density at radius 3 is 2.15 bits per heavy atom. The lowest BCUT2D eigenvalue weighted by Crippen LogP contribution is -2.38. The van der Waals surface area contributed by atoms with Crippen LogP contribution in [0.4, 0.5) is 4.79 Å².